The van der Waals surface area contributed by atoms with E-state index < -0.39 is 6.09 Å². The minimum atomic E-state index is -0.488. The highest BCUT2D eigenvalue weighted by Gasteiger charge is 2.07. The van der Waals surface area contributed by atoms with Crippen molar-refractivity contribution in [3.8, 4) is 11.5 Å². The van der Waals surface area contributed by atoms with Crippen molar-refractivity contribution in [2.45, 2.75) is 6.42 Å². The fourth-order valence-corrected chi connectivity index (χ4v) is 2.88. The summed E-state index contributed by atoms with van der Waals surface area (Å²) in [6, 6.07) is 21.3. The molecule has 0 atom stereocenters. The van der Waals surface area contributed by atoms with Crippen LogP contribution in [0.15, 0.2) is 72.9 Å². The summed E-state index contributed by atoms with van der Waals surface area (Å²) in [5, 5.41) is 3.64. The largest absolute Gasteiger partial charge is 0.453 e. The lowest BCUT2D eigenvalue weighted by Crippen LogP contribution is -2.10. The van der Waals surface area contributed by atoms with E-state index in [0.717, 1.165) is 27.9 Å². The van der Waals surface area contributed by atoms with Crippen molar-refractivity contribution in [2.75, 3.05) is 12.4 Å². The van der Waals surface area contributed by atoms with E-state index in [1.165, 1.54) is 7.11 Å². The maximum Gasteiger partial charge on any atom is 0.411 e. The van der Waals surface area contributed by atoms with Gasteiger partial charge in [-0.2, -0.15) is 0 Å². The van der Waals surface area contributed by atoms with Crippen LogP contribution < -0.4 is 5.32 Å². The third-order valence-corrected chi connectivity index (χ3v) is 4.30. The molecule has 0 radical (unpaired) electrons. The predicted molar refractivity (Wildman–Crippen MR) is 108 cm³/mol. The van der Waals surface area contributed by atoms with Crippen molar-refractivity contribution >= 4 is 22.7 Å². The van der Waals surface area contributed by atoms with E-state index in [1.54, 1.807) is 0 Å². The molecule has 138 valence electrons. The van der Waals surface area contributed by atoms with Gasteiger partial charge < -0.3 is 4.74 Å². The minimum absolute atomic E-state index is 0.488. The molecule has 4 rings (SSSR count). The lowest BCUT2D eigenvalue weighted by molar-refractivity contribution is 0.187. The molecular weight excluding hydrogens is 352 g/mol. The van der Waals surface area contributed by atoms with Crippen LogP contribution in [0.2, 0.25) is 0 Å². The minimum Gasteiger partial charge on any atom is -0.453 e. The number of amides is 1. The number of carbonyl (C=O) groups is 1. The van der Waals surface area contributed by atoms with Crippen molar-refractivity contribution < 1.29 is 9.53 Å². The smallest absolute Gasteiger partial charge is 0.411 e. The molecule has 0 bridgehead atoms. The Morgan fingerprint density at radius 3 is 2.61 bits per heavy atom. The highest BCUT2D eigenvalue weighted by molar-refractivity contribution is 5.84. The standard InChI is InChI=1S/C22H18N4O2/c1-28-22(27)25-17-11-9-15(10-12-17)13-18-6-4-8-20(24-18)21-23-14-16-5-2-3-7-19(16)26-21/h2-12,14H,13H2,1H3,(H,25,27). The number of carbonyl (C=O) groups excluding carboxylic acids is 1. The van der Waals surface area contributed by atoms with Crippen LogP contribution in [0.1, 0.15) is 11.3 Å². The Bertz CT molecular complexity index is 1130. The third kappa shape index (κ3) is 3.96. The average molecular weight is 370 g/mol. The summed E-state index contributed by atoms with van der Waals surface area (Å²) < 4.78 is 4.59. The van der Waals surface area contributed by atoms with Gasteiger partial charge in [-0.3, -0.25) is 5.32 Å². The molecular formula is C22H18N4O2. The highest BCUT2D eigenvalue weighted by atomic mass is 16.5. The lowest BCUT2D eigenvalue weighted by Gasteiger charge is -2.07. The van der Waals surface area contributed by atoms with Crippen LogP contribution in [-0.2, 0) is 11.2 Å². The van der Waals surface area contributed by atoms with Gasteiger partial charge in [0.2, 0.25) is 0 Å². The molecule has 0 fully saturated rings. The van der Waals surface area contributed by atoms with Crippen molar-refractivity contribution in [2.24, 2.45) is 0 Å². The molecule has 0 aliphatic carbocycles. The Morgan fingerprint density at radius 1 is 0.964 bits per heavy atom. The lowest BCUT2D eigenvalue weighted by atomic mass is 10.1. The van der Waals surface area contributed by atoms with E-state index in [4.69, 9.17) is 4.98 Å². The Labute approximate surface area is 162 Å². The summed E-state index contributed by atoms with van der Waals surface area (Å²) in [7, 11) is 1.33. The van der Waals surface area contributed by atoms with E-state index >= 15 is 0 Å². The summed E-state index contributed by atoms with van der Waals surface area (Å²) in [5.41, 5.74) is 4.32. The van der Waals surface area contributed by atoms with E-state index in [-0.39, 0.29) is 0 Å². The van der Waals surface area contributed by atoms with Crippen molar-refractivity contribution in [1.29, 1.82) is 0 Å². The zero-order valence-corrected chi connectivity index (χ0v) is 15.3. The van der Waals surface area contributed by atoms with E-state index in [9.17, 15) is 4.79 Å². The first-order valence-electron chi connectivity index (χ1n) is 8.83. The molecule has 6 heteroatoms. The molecule has 0 spiro atoms. The van der Waals surface area contributed by atoms with Gasteiger partial charge in [0.25, 0.3) is 0 Å². The van der Waals surface area contributed by atoms with Gasteiger partial charge in [-0.25, -0.2) is 19.7 Å². The summed E-state index contributed by atoms with van der Waals surface area (Å²) in [4.78, 5) is 25.0. The number of nitrogens with zero attached hydrogens (tertiary/aromatic N) is 3. The van der Waals surface area contributed by atoms with Gasteiger partial charge in [0.05, 0.1) is 12.6 Å². The number of ether oxygens (including phenoxy) is 1. The second-order valence-corrected chi connectivity index (χ2v) is 6.26. The summed E-state index contributed by atoms with van der Waals surface area (Å²) >= 11 is 0. The average Bonchev–Trinajstić information content (AvgIpc) is 2.75. The third-order valence-electron chi connectivity index (χ3n) is 4.30. The predicted octanol–water partition coefficient (Wildman–Crippen LogP) is 4.46. The summed E-state index contributed by atoms with van der Waals surface area (Å²) in [6.07, 6.45) is 2.00. The van der Waals surface area contributed by atoms with Gasteiger partial charge in [0.15, 0.2) is 5.82 Å². The Hall–Kier alpha value is -3.80. The first-order valence-corrected chi connectivity index (χ1v) is 8.83. The maximum absolute atomic E-state index is 11.3. The Kier molecular flexibility index (Phi) is 4.93. The number of hydrogen-bond acceptors (Lipinski definition) is 5. The quantitative estimate of drug-likeness (QED) is 0.574. The van der Waals surface area contributed by atoms with Gasteiger partial charge in [-0.05, 0) is 35.9 Å². The number of fused-ring (bicyclic) bond motifs is 1. The van der Waals surface area contributed by atoms with E-state index in [1.807, 2.05) is 72.9 Å². The first-order chi connectivity index (χ1) is 13.7. The van der Waals surface area contributed by atoms with Crippen molar-refractivity contribution in [1.82, 2.24) is 15.0 Å². The van der Waals surface area contributed by atoms with Crippen LogP contribution in [0.5, 0.6) is 0 Å². The summed E-state index contributed by atoms with van der Waals surface area (Å²) in [6.45, 7) is 0. The van der Waals surface area contributed by atoms with Gasteiger partial charge in [-0.1, -0.05) is 36.4 Å². The second kappa shape index (κ2) is 7.84. The van der Waals surface area contributed by atoms with Gasteiger partial charge in [-0.15, -0.1) is 0 Å². The van der Waals surface area contributed by atoms with Crippen molar-refractivity contribution in [3.05, 3.63) is 84.2 Å². The van der Waals surface area contributed by atoms with Crippen LogP contribution in [0.4, 0.5) is 10.5 Å². The Morgan fingerprint density at radius 2 is 1.79 bits per heavy atom. The molecule has 0 saturated heterocycles. The molecule has 0 aliphatic rings. The molecule has 1 amide bonds. The number of nitrogens with one attached hydrogen (secondary N) is 1. The van der Waals surface area contributed by atoms with Gasteiger partial charge in [0.1, 0.15) is 5.69 Å². The molecule has 6 nitrogen and oxygen atoms in total. The summed E-state index contributed by atoms with van der Waals surface area (Å²) in [5.74, 6) is 0.609. The SMILES string of the molecule is COC(=O)Nc1ccc(Cc2cccc(-c3ncc4ccccc4n3)n2)cc1. The van der Waals surface area contributed by atoms with Crippen LogP contribution in [0.3, 0.4) is 0 Å². The van der Waals surface area contributed by atoms with Crippen molar-refractivity contribution in [3.63, 3.8) is 0 Å². The molecule has 4 aromatic rings. The number of methoxy groups -OCH3 is 1. The molecule has 2 aromatic heterocycles. The fraction of sp³-hybridized carbons (Fsp3) is 0.0909. The molecule has 1 N–H and O–H groups in total. The number of anilines is 1. The maximum atomic E-state index is 11.3. The Balaban J connectivity index is 1.54. The van der Waals surface area contributed by atoms with Crippen LogP contribution in [0.25, 0.3) is 22.4 Å². The topological polar surface area (TPSA) is 77.0 Å². The number of rotatable bonds is 4. The van der Waals surface area contributed by atoms with Crippen LogP contribution in [0, 0.1) is 0 Å². The molecule has 0 saturated carbocycles. The number of para-hydroxylation sites is 1. The molecule has 2 heterocycles. The molecule has 2 aromatic carbocycles. The highest BCUT2D eigenvalue weighted by Crippen LogP contribution is 2.18. The zero-order valence-electron chi connectivity index (χ0n) is 15.3. The molecule has 28 heavy (non-hydrogen) atoms. The molecule has 0 unspecified atom stereocenters. The van der Waals surface area contributed by atoms with Crippen LogP contribution in [-0.4, -0.2) is 28.2 Å². The van der Waals surface area contributed by atoms with E-state index in [0.29, 0.717) is 17.9 Å². The van der Waals surface area contributed by atoms with Gasteiger partial charge >= 0.3 is 6.09 Å². The van der Waals surface area contributed by atoms with Gasteiger partial charge in [0, 0.05) is 29.4 Å². The number of aromatic nitrogens is 3. The number of benzene rings is 2. The monoisotopic (exact) mass is 370 g/mol. The number of hydrogen-bond donors (Lipinski definition) is 1. The van der Waals surface area contributed by atoms with E-state index in [2.05, 4.69) is 20.0 Å². The van der Waals surface area contributed by atoms with Crippen LogP contribution >= 0.6 is 0 Å². The first kappa shape index (κ1) is 17.6. The fourth-order valence-electron chi connectivity index (χ4n) is 2.88. The normalized spacial score (nSPS) is 10.6. The molecule has 0 aliphatic heterocycles. The zero-order chi connectivity index (χ0) is 19.3. The number of pyridine rings is 1. The second-order valence-electron chi connectivity index (χ2n) is 6.26.